The van der Waals surface area contributed by atoms with E-state index in [1.54, 1.807) is 0 Å². The second kappa shape index (κ2) is 22.2. The van der Waals surface area contributed by atoms with Gasteiger partial charge in [0, 0.05) is 65.2 Å². The van der Waals surface area contributed by atoms with Gasteiger partial charge in [-0.25, -0.2) is 0 Å². The molecule has 0 spiro atoms. The molecule has 15 aromatic carbocycles. The molecular formula is C90H63BN2S. The molecule has 442 valence electrons. The first kappa shape index (κ1) is 55.5. The zero-order chi connectivity index (χ0) is 62.6. The van der Waals surface area contributed by atoms with Gasteiger partial charge >= 0.3 is 0 Å². The van der Waals surface area contributed by atoms with Crippen LogP contribution in [0.5, 0.6) is 0 Å². The van der Waals surface area contributed by atoms with Crippen molar-refractivity contribution in [1.29, 1.82) is 0 Å². The molecule has 2 aliphatic rings. The molecule has 4 heteroatoms. The van der Waals surface area contributed by atoms with Crippen LogP contribution in [0.1, 0.15) is 26.3 Å². The summed E-state index contributed by atoms with van der Waals surface area (Å²) >= 11 is 1.88. The van der Waals surface area contributed by atoms with E-state index in [0.717, 1.165) is 67.3 Å². The van der Waals surface area contributed by atoms with Crippen molar-refractivity contribution in [3.8, 4) is 77.9 Å². The van der Waals surface area contributed by atoms with E-state index in [1.807, 2.05) is 11.3 Å². The number of hydrogen-bond acceptors (Lipinski definition) is 3. The van der Waals surface area contributed by atoms with Crippen LogP contribution in [-0.2, 0) is 5.41 Å². The molecule has 18 rings (SSSR count). The van der Waals surface area contributed by atoms with Crippen LogP contribution in [0, 0.1) is 0 Å². The molecule has 94 heavy (non-hydrogen) atoms. The lowest BCUT2D eigenvalue weighted by Gasteiger charge is -2.46. The van der Waals surface area contributed by atoms with Gasteiger partial charge in [0.15, 0.2) is 0 Å². The number of anilines is 6. The van der Waals surface area contributed by atoms with E-state index in [4.69, 9.17) is 0 Å². The van der Waals surface area contributed by atoms with Crippen molar-refractivity contribution in [2.75, 3.05) is 9.80 Å². The topological polar surface area (TPSA) is 6.48 Å². The maximum Gasteiger partial charge on any atom is 0.252 e. The van der Waals surface area contributed by atoms with Crippen molar-refractivity contribution in [2.24, 2.45) is 0 Å². The maximum absolute atomic E-state index is 2.71. The van der Waals surface area contributed by atoms with E-state index in [0.29, 0.717) is 0 Å². The molecule has 0 radical (unpaired) electrons. The van der Waals surface area contributed by atoms with Crippen molar-refractivity contribution in [1.82, 2.24) is 0 Å². The third kappa shape index (κ3) is 8.92. The zero-order valence-electron chi connectivity index (χ0n) is 52.6. The first-order chi connectivity index (χ1) is 46.3. The molecule has 16 aromatic rings. The smallest absolute Gasteiger partial charge is 0.252 e. The van der Waals surface area contributed by atoms with Crippen molar-refractivity contribution >= 4 is 110 Å². The highest BCUT2D eigenvalue weighted by atomic mass is 32.1. The number of hydrogen-bond donors (Lipinski definition) is 0. The van der Waals surface area contributed by atoms with Gasteiger partial charge in [-0.2, -0.15) is 0 Å². The average Bonchev–Trinajstić information content (AvgIpc) is 0.791. The summed E-state index contributed by atoms with van der Waals surface area (Å²) in [6, 6.07) is 123. The van der Waals surface area contributed by atoms with Gasteiger partial charge in [0.25, 0.3) is 6.71 Å². The summed E-state index contributed by atoms with van der Waals surface area (Å²) in [6.45, 7) is 6.97. The molecule has 3 heterocycles. The van der Waals surface area contributed by atoms with Crippen LogP contribution in [0.3, 0.4) is 0 Å². The van der Waals surface area contributed by atoms with Gasteiger partial charge in [0.05, 0.1) is 11.4 Å². The first-order valence-electron chi connectivity index (χ1n) is 32.8. The van der Waals surface area contributed by atoms with Crippen molar-refractivity contribution in [3.63, 3.8) is 0 Å². The van der Waals surface area contributed by atoms with Crippen LogP contribution in [-0.4, -0.2) is 6.71 Å². The average molecular weight is 1220 g/mol. The molecule has 0 fully saturated rings. The molecule has 0 amide bonds. The van der Waals surface area contributed by atoms with E-state index in [-0.39, 0.29) is 12.1 Å². The SMILES string of the molecule is CC(C)(C)c1cc2c3c(c1)N(c1c(-c4ccccc4)cccc1-c1ccccc1)c1cc(-c4cccc5sc6ccccc6c45)ccc1B3c1ccc(-c3c4ccccc4c(-c4ccccc4)c4ccccc34)cc1N2c1c(-c2ccccc2)cccc1-c1ccccc1. The molecule has 0 saturated heterocycles. The summed E-state index contributed by atoms with van der Waals surface area (Å²) in [6.07, 6.45) is 0. The second-order valence-corrected chi connectivity index (χ2v) is 27.3. The Bertz CT molecular complexity index is 5480. The molecule has 0 bridgehead atoms. The van der Waals surface area contributed by atoms with Gasteiger partial charge in [-0.3, -0.25) is 0 Å². The van der Waals surface area contributed by atoms with Crippen molar-refractivity contribution < 1.29 is 0 Å². The largest absolute Gasteiger partial charge is 0.310 e. The Morgan fingerprint density at radius 3 is 1.07 bits per heavy atom. The summed E-state index contributed by atoms with van der Waals surface area (Å²) in [7, 11) is 0. The minimum absolute atomic E-state index is 0.195. The van der Waals surface area contributed by atoms with E-state index in [1.165, 1.54) is 108 Å². The number of thiophene rings is 1. The fraction of sp³-hybridized carbons (Fsp3) is 0.0444. The maximum atomic E-state index is 2.71. The number of rotatable bonds is 9. The predicted molar refractivity (Wildman–Crippen MR) is 405 cm³/mol. The van der Waals surface area contributed by atoms with Crippen molar-refractivity contribution in [2.45, 2.75) is 26.2 Å². The summed E-state index contributed by atoms with van der Waals surface area (Å²) in [5.74, 6) is 0. The Kier molecular flexibility index (Phi) is 13.1. The second-order valence-electron chi connectivity index (χ2n) is 26.2. The lowest BCUT2D eigenvalue weighted by atomic mass is 9.33. The van der Waals surface area contributed by atoms with E-state index in [9.17, 15) is 0 Å². The number of nitrogens with zero attached hydrogens (tertiary/aromatic N) is 2. The lowest BCUT2D eigenvalue weighted by molar-refractivity contribution is 0.590. The fourth-order valence-electron chi connectivity index (χ4n) is 15.6. The van der Waals surface area contributed by atoms with Gasteiger partial charge in [-0.05, 0) is 141 Å². The van der Waals surface area contributed by atoms with Gasteiger partial charge in [-0.1, -0.05) is 312 Å². The molecule has 0 saturated carbocycles. The standard InChI is InChI=1S/C90H63BN2S/c1-90(2,3)65-56-80-87-81(57-65)93(89-69(60-32-13-6-14-33-60)46-26-47-70(89)61-34-15-7-16-35-61)79-55-64(85-73-40-21-19-38-71(73)84(62-36-17-8-18-37-62)72-39-20-22-41-74(72)85)51-53-77(79)91(87)76-52-50-63(66-43-27-49-83-86(66)75-42-23-24-48-82(75)94-83)54-78(76)92(80)88-67(58-28-9-4-10-29-58)44-25-45-68(88)59-30-11-5-12-31-59/h4-57H,1-3H3. The Hall–Kier alpha value is -11.3. The molecule has 2 nitrogen and oxygen atoms in total. The van der Waals surface area contributed by atoms with Gasteiger partial charge in [-0.15, -0.1) is 11.3 Å². The van der Waals surface area contributed by atoms with Crippen LogP contribution in [0.2, 0.25) is 0 Å². The van der Waals surface area contributed by atoms with Crippen LogP contribution in [0.4, 0.5) is 34.1 Å². The minimum atomic E-state index is -0.293. The Morgan fingerprint density at radius 2 is 0.628 bits per heavy atom. The van der Waals surface area contributed by atoms with Crippen LogP contribution in [0.25, 0.3) is 120 Å². The first-order valence-corrected chi connectivity index (χ1v) is 33.6. The zero-order valence-corrected chi connectivity index (χ0v) is 53.4. The van der Waals surface area contributed by atoms with E-state index in [2.05, 4.69) is 358 Å². The Morgan fingerprint density at radius 1 is 0.277 bits per heavy atom. The summed E-state index contributed by atoms with van der Waals surface area (Å²) in [4.78, 5) is 5.41. The molecule has 0 unspecified atom stereocenters. The minimum Gasteiger partial charge on any atom is -0.310 e. The Balaban J connectivity index is 1.01. The highest BCUT2D eigenvalue weighted by Gasteiger charge is 2.46. The number of benzene rings is 15. The number of fused-ring (bicyclic) bond motifs is 9. The molecular weight excluding hydrogens is 1150 g/mol. The molecule has 0 N–H and O–H groups in total. The van der Waals surface area contributed by atoms with Gasteiger partial charge in [0.1, 0.15) is 0 Å². The van der Waals surface area contributed by atoms with E-state index >= 15 is 0 Å². The predicted octanol–water partition coefficient (Wildman–Crippen LogP) is 23.4. The monoisotopic (exact) mass is 1210 g/mol. The van der Waals surface area contributed by atoms with Crippen LogP contribution < -0.4 is 26.2 Å². The third-order valence-electron chi connectivity index (χ3n) is 19.8. The van der Waals surface area contributed by atoms with Gasteiger partial charge in [0.2, 0.25) is 0 Å². The lowest BCUT2D eigenvalue weighted by Crippen LogP contribution is -2.61. The molecule has 2 aliphatic heterocycles. The quantitative estimate of drug-likeness (QED) is 0.105. The van der Waals surface area contributed by atoms with Crippen LogP contribution in [0.15, 0.2) is 328 Å². The summed E-state index contributed by atoms with van der Waals surface area (Å²) in [5.41, 5.74) is 28.2. The molecule has 0 aliphatic carbocycles. The third-order valence-corrected chi connectivity index (χ3v) is 20.9. The Labute approximate surface area is 553 Å². The highest BCUT2D eigenvalue weighted by Crippen LogP contribution is 2.55. The highest BCUT2D eigenvalue weighted by molar-refractivity contribution is 7.26. The fourth-order valence-corrected chi connectivity index (χ4v) is 16.7. The number of para-hydroxylation sites is 2. The normalized spacial score (nSPS) is 12.6. The van der Waals surface area contributed by atoms with Crippen LogP contribution >= 0.6 is 11.3 Å². The summed E-state index contributed by atoms with van der Waals surface area (Å²) < 4.78 is 2.59. The molecule has 1 aromatic heterocycles. The van der Waals surface area contributed by atoms with E-state index < -0.39 is 0 Å². The summed E-state index contributed by atoms with van der Waals surface area (Å²) in [5, 5.41) is 7.50. The van der Waals surface area contributed by atoms with Crippen molar-refractivity contribution in [3.05, 3.63) is 333 Å². The molecule has 0 atom stereocenters. The van der Waals surface area contributed by atoms with Gasteiger partial charge < -0.3 is 9.80 Å².